The van der Waals surface area contributed by atoms with E-state index < -0.39 is 24.0 Å². The lowest BCUT2D eigenvalue weighted by Gasteiger charge is -2.19. The lowest BCUT2D eigenvalue weighted by Crippen LogP contribution is -2.37. The van der Waals surface area contributed by atoms with E-state index in [1.54, 1.807) is 0 Å². The fraction of sp³-hybridized carbons (Fsp3) is 0.222. The first kappa shape index (κ1) is 21.8. The largest absolute Gasteiger partial charge is 0.508 e. The summed E-state index contributed by atoms with van der Waals surface area (Å²) < 4.78 is 0. The Kier molecular flexibility index (Phi) is 7.47. The molecule has 0 saturated heterocycles. The molecule has 150 valence electrons. The molecule has 0 heterocycles. The summed E-state index contributed by atoms with van der Waals surface area (Å²) in [5, 5.41) is 44.5. The number of aromatic hydroxyl groups is 2. The molecule has 0 fully saturated rings. The quantitative estimate of drug-likeness (QED) is 0.335. The number of hydrogen-bond acceptors (Lipinski definition) is 6. The second-order valence-electron chi connectivity index (χ2n) is 5.86. The molecule has 0 radical (unpaired) electrons. The predicted octanol–water partition coefficient (Wildman–Crippen LogP) is 2.54. The second-order valence-corrected chi connectivity index (χ2v) is 6.73. The van der Waals surface area contributed by atoms with Crippen LogP contribution in [-0.2, 0) is 9.59 Å². The number of rotatable bonds is 9. The third-order valence-electron chi connectivity index (χ3n) is 3.92. The molecule has 2 aromatic carbocycles. The van der Waals surface area contributed by atoms with Crippen LogP contribution in [0.5, 0.6) is 11.5 Å². The molecule has 28 heavy (non-hydrogen) atoms. The van der Waals surface area contributed by atoms with Gasteiger partial charge in [0.25, 0.3) is 0 Å². The van der Waals surface area contributed by atoms with Crippen molar-refractivity contribution in [2.45, 2.75) is 12.1 Å². The smallest absolute Gasteiger partial charge is 0.325 e. The van der Waals surface area contributed by atoms with Crippen LogP contribution in [0.1, 0.15) is 23.2 Å². The third-order valence-corrected chi connectivity index (χ3v) is 4.39. The summed E-state index contributed by atoms with van der Waals surface area (Å²) in [5.74, 6) is -2.94. The van der Waals surface area contributed by atoms with Gasteiger partial charge in [-0.3, -0.25) is 20.2 Å². The first-order chi connectivity index (χ1) is 13.2. The number of carboxylic acid groups (broad SMARTS) is 2. The van der Waals surface area contributed by atoms with Gasteiger partial charge >= 0.3 is 11.9 Å². The van der Waals surface area contributed by atoms with Crippen molar-refractivity contribution >= 4 is 35.1 Å². The minimum Gasteiger partial charge on any atom is -0.508 e. The van der Waals surface area contributed by atoms with E-state index >= 15 is 0 Å². The summed E-state index contributed by atoms with van der Waals surface area (Å²) in [6.45, 7) is 0.0993. The molecular formula is C18H18Cl2N2O6. The van der Waals surface area contributed by atoms with Gasteiger partial charge in [-0.25, -0.2) is 0 Å². The third kappa shape index (κ3) is 5.49. The fourth-order valence-electron chi connectivity index (χ4n) is 2.61. The number of carboxylic acids is 2. The molecule has 2 rings (SSSR count). The standard InChI is InChI=1S/C18H18Cl2N2O6/c19-9-1-3-13(23)11(7-9)15(17(25)26)21-5-6-22-16(18(27)28)12-8-10(20)2-4-14(12)24/h1-4,7-8,15-16,21-24H,5-6H2,(H,25,26)(H,27,28). The van der Waals surface area contributed by atoms with Crippen LogP contribution >= 0.6 is 23.2 Å². The van der Waals surface area contributed by atoms with E-state index in [0.29, 0.717) is 0 Å². The predicted molar refractivity (Wildman–Crippen MR) is 103 cm³/mol. The van der Waals surface area contributed by atoms with Crippen molar-refractivity contribution < 1.29 is 30.0 Å². The number of benzene rings is 2. The molecule has 0 aliphatic carbocycles. The molecule has 2 atom stereocenters. The van der Waals surface area contributed by atoms with Crippen LogP contribution in [-0.4, -0.2) is 45.5 Å². The lowest BCUT2D eigenvalue weighted by molar-refractivity contribution is -0.141. The zero-order chi connectivity index (χ0) is 20.8. The maximum Gasteiger partial charge on any atom is 0.325 e. The topological polar surface area (TPSA) is 139 Å². The van der Waals surface area contributed by atoms with Crippen molar-refractivity contribution in [1.82, 2.24) is 10.6 Å². The number of nitrogens with one attached hydrogen (secondary N) is 2. The number of carbonyl (C=O) groups is 2. The van der Waals surface area contributed by atoms with Crippen LogP contribution in [0.3, 0.4) is 0 Å². The molecule has 0 amide bonds. The molecule has 2 aromatic rings. The SMILES string of the molecule is O=C(O)C(NCCNC(C(=O)O)c1cc(Cl)ccc1O)c1cc(Cl)ccc1O. The summed E-state index contributed by atoms with van der Waals surface area (Å²) in [6.07, 6.45) is 0. The van der Waals surface area contributed by atoms with Crippen LogP contribution in [0, 0.1) is 0 Å². The Morgan fingerprint density at radius 1 is 0.786 bits per heavy atom. The molecule has 0 aliphatic heterocycles. The number of phenolic OH excluding ortho intramolecular Hbond substituents is 2. The molecule has 0 bridgehead atoms. The first-order valence-corrected chi connectivity index (χ1v) is 8.85. The van der Waals surface area contributed by atoms with Gasteiger partial charge in [0.1, 0.15) is 23.6 Å². The molecule has 0 saturated carbocycles. The highest BCUT2D eigenvalue weighted by molar-refractivity contribution is 6.31. The van der Waals surface area contributed by atoms with Gasteiger partial charge in [0.05, 0.1) is 0 Å². The van der Waals surface area contributed by atoms with Crippen LogP contribution in [0.25, 0.3) is 0 Å². The average Bonchev–Trinajstić information content (AvgIpc) is 2.62. The van der Waals surface area contributed by atoms with Crippen molar-refractivity contribution in [2.75, 3.05) is 13.1 Å². The highest BCUT2D eigenvalue weighted by Crippen LogP contribution is 2.29. The summed E-state index contributed by atoms with van der Waals surface area (Å²) in [7, 11) is 0. The van der Waals surface area contributed by atoms with Gasteiger partial charge in [0, 0.05) is 34.3 Å². The maximum absolute atomic E-state index is 11.5. The fourth-order valence-corrected chi connectivity index (χ4v) is 2.97. The Morgan fingerprint density at radius 2 is 1.14 bits per heavy atom. The molecule has 10 heteroatoms. The second kappa shape index (κ2) is 9.61. The Balaban J connectivity index is 2.05. The van der Waals surface area contributed by atoms with E-state index in [1.165, 1.54) is 36.4 Å². The summed E-state index contributed by atoms with van der Waals surface area (Å²) in [6, 6.07) is 5.60. The van der Waals surface area contributed by atoms with Gasteiger partial charge in [-0.05, 0) is 36.4 Å². The van der Waals surface area contributed by atoms with Crippen molar-refractivity contribution in [1.29, 1.82) is 0 Å². The number of halogens is 2. The highest BCUT2D eigenvalue weighted by atomic mass is 35.5. The normalized spacial score (nSPS) is 13.1. The molecule has 0 spiro atoms. The number of aliphatic carboxylic acids is 2. The zero-order valence-corrected chi connectivity index (χ0v) is 15.9. The van der Waals surface area contributed by atoms with Gasteiger partial charge in [-0.15, -0.1) is 0 Å². The molecule has 0 aromatic heterocycles. The lowest BCUT2D eigenvalue weighted by atomic mass is 10.1. The van der Waals surface area contributed by atoms with Gasteiger partial charge in [-0.1, -0.05) is 23.2 Å². The summed E-state index contributed by atoms with van der Waals surface area (Å²) >= 11 is 11.7. The minimum absolute atomic E-state index is 0.0496. The van der Waals surface area contributed by atoms with Crippen LogP contribution in [0.4, 0.5) is 0 Å². The monoisotopic (exact) mass is 428 g/mol. The van der Waals surface area contributed by atoms with Gasteiger partial charge in [-0.2, -0.15) is 0 Å². The first-order valence-electron chi connectivity index (χ1n) is 8.10. The molecule has 0 aliphatic rings. The summed E-state index contributed by atoms with van der Waals surface area (Å²) in [5.41, 5.74) is 0.171. The molecule has 8 nitrogen and oxygen atoms in total. The van der Waals surface area contributed by atoms with Crippen LogP contribution in [0.15, 0.2) is 36.4 Å². The Hall–Kier alpha value is -2.52. The van der Waals surface area contributed by atoms with Crippen molar-refractivity contribution in [3.8, 4) is 11.5 Å². The average molecular weight is 429 g/mol. The van der Waals surface area contributed by atoms with Gasteiger partial charge in [0.15, 0.2) is 0 Å². The Morgan fingerprint density at radius 3 is 1.46 bits per heavy atom. The van der Waals surface area contributed by atoms with Gasteiger partial charge < -0.3 is 20.4 Å². The number of hydrogen-bond donors (Lipinski definition) is 6. The van der Waals surface area contributed by atoms with E-state index in [9.17, 15) is 30.0 Å². The Bertz CT molecular complexity index is 806. The molecule has 6 N–H and O–H groups in total. The van der Waals surface area contributed by atoms with Crippen LogP contribution < -0.4 is 10.6 Å². The van der Waals surface area contributed by atoms with E-state index in [0.717, 1.165) is 0 Å². The van der Waals surface area contributed by atoms with E-state index in [-0.39, 0.29) is 45.8 Å². The molecular weight excluding hydrogens is 411 g/mol. The zero-order valence-electron chi connectivity index (χ0n) is 14.4. The minimum atomic E-state index is -1.25. The van der Waals surface area contributed by atoms with E-state index in [2.05, 4.69) is 10.6 Å². The van der Waals surface area contributed by atoms with E-state index in [1.807, 2.05) is 0 Å². The van der Waals surface area contributed by atoms with Crippen LogP contribution in [0.2, 0.25) is 10.0 Å². The van der Waals surface area contributed by atoms with Crippen molar-refractivity contribution in [3.05, 3.63) is 57.6 Å². The van der Waals surface area contributed by atoms with Crippen molar-refractivity contribution in [3.63, 3.8) is 0 Å². The van der Waals surface area contributed by atoms with Gasteiger partial charge in [0.2, 0.25) is 0 Å². The number of phenols is 2. The van der Waals surface area contributed by atoms with E-state index in [4.69, 9.17) is 23.2 Å². The summed E-state index contributed by atoms with van der Waals surface area (Å²) in [4.78, 5) is 23.0. The Labute approximate surface area is 170 Å². The highest BCUT2D eigenvalue weighted by Gasteiger charge is 2.25. The maximum atomic E-state index is 11.5. The molecule has 2 unspecified atom stereocenters. The van der Waals surface area contributed by atoms with Crippen molar-refractivity contribution in [2.24, 2.45) is 0 Å².